The van der Waals surface area contributed by atoms with Gasteiger partial charge < -0.3 is 14.9 Å². The van der Waals surface area contributed by atoms with Crippen LogP contribution in [0.4, 0.5) is 11.4 Å². The molecule has 1 aromatic heterocycles. The lowest BCUT2D eigenvalue weighted by molar-refractivity contribution is -0.142. The summed E-state index contributed by atoms with van der Waals surface area (Å²) in [6, 6.07) is 19.0. The van der Waals surface area contributed by atoms with Gasteiger partial charge in [0.2, 0.25) is 0 Å². The Morgan fingerprint density at radius 1 is 1.00 bits per heavy atom. The molecule has 0 bridgehead atoms. The summed E-state index contributed by atoms with van der Waals surface area (Å²) < 4.78 is 0. The molecule has 2 atom stereocenters. The van der Waals surface area contributed by atoms with Crippen LogP contribution in [0.3, 0.4) is 0 Å². The third-order valence-corrected chi connectivity index (χ3v) is 6.25. The first kappa shape index (κ1) is 21.8. The lowest BCUT2D eigenvalue weighted by atomic mass is 9.83. The highest BCUT2D eigenvalue weighted by Gasteiger charge is 2.32. The molecule has 1 aliphatic rings. The Hall–Kier alpha value is -3.42. The molecule has 8 heteroatoms. The number of nitrogens with one attached hydrogen (secondary N) is 1. The second-order valence-corrected chi connectivity index (χ2v) is 8.29. The fourth-order valence-electron chi connectivity index (χ4n) is 4.51. The van der Waals surface area contributed by atoms with E-state index >= 15 is 0 Å². The number of H-pyrrole nitrogens is 1. The van der Waals surface area contributed by atoms with Crippen molar-refractivity contribution in [3.63, 3.8) is 0 Å². The monoisotopic (exact) mass is 434 g/mol. The maximum absolute atomic E-state index is 11.9. The molecule has 4 rings (SSSR count). The molecule has 0 aliphatic carbocycles. The summed E-state index contributed by atoms with van der Waals surface area (Å²) in [5, 5.41) is 24.1. The van der Waals surface area contributed by atoms with E-state index in [0.29, 0.717) is 18.7 Å². The van der Waals surface area contributed by atoms with Crippen molar-refractivity contribution in [1.29, 1.82) is 0 Å². The Bertz CT molecular complexity index is 969. The molecule has 8 nitrogen and oxygen atoms in total. The highest BCUT2D eigenvalue weighted by Crippen LogP contribution is 2.30. The Balaban J connectivity index is 1.42. The van der Waals surface area contributed by atoms with Gasteiger partial charge in [0.25, 0.3) is 0 Å². The van der Waals surface area contributed by atoms with E-state index in [-0.39, 0.29) is 5.92 Å². The van der Waals surface area contributed by atoms with Crippen molar-refractivity contribution in [2.45, 2.75) is 32.1 Å². The lowest BCUT2D eigenvalue weighted by Gasteiger charge is -2.37. The summed E-state index contributed by atoms with van der Waals surface area (Å²) in [6.45, 7) is 5.91. The number of carbonyl (C=O) groups is 1. The van der Waals surface area contributed by atoms with E-state index in [2.05, 4.69) is 79.0 Å². The van der Waals surface area contributed by atoms with Crippen LogP contribution in [-0.2, 0) is 11.2 Å². The first-order valence-electron chi connectivity index (χ1n) is 11.3. The summed E-state index contributed by atoms with van der Waals surface area (Å²) in [7, 11) is 0. The number of hydrogen-bond acceptors (Lipinski definition) is 6. The van der Waals surface area contributed by atoms with Crippen molar-refractivity contribution >= 4 is 17.3 Å². The maximum Gasteiger partial charge on any atom is 0.307 e. The molecular formula is C24H30N6O2. The van der Waals surface area contributed by atoms with E-state index in [1.54, 1.807) is 0 Å². The second kappa shape index (κ2) is 10.3. The number of carboxylic acid groups (broad SMARTS) is 1. The normalized spacial score (nSPS) is 16.0. The minimum absolute atomic E-state index is 0.313. The summed E-state index contributed by atoms with van der Waals surface area (Å²) in [6.07, 6.45) is 1.94. The summed E-state index contributed by atoms with van der Waals surface area (Å²) >= 11 is 0. The van der Waals surface area contributed by atoms with Gasteiger partial charge in [0.15, 0.2) is 5.82 Å². The predicted molar refractivity (Wildman–Crippen MR) is 124 cm³/mol. The number of piperazine rings is 1. The van der Waals surface area contributed by atoms with Crippen LogP contribution in [0.5, 0.6) is 0 Å². The van der Waals surface area contributed by atoms with Crippen molar-refractivity contribution < 1.29 is 9.90 Å². The standard InChI is InChI=1S/C24H30N6O2/c1-2-6-21(24(31)32)22(23-25-27-28-26-23)17-18-9-11-20(12-10-18)30-15-13-29(14-16-30)19-7-4-3-5-8-19/h3-5,7-12,21-22H,2,6,13-17H2,1H3,(H,31,32)(H,25,26,27,28)/t21-,22-/m0/s1. The van der Waals surface area contributed by atoms with Gasteiger partial charge in [0, 0.05) is 43.5 Å². The van der Waals surface area contributed by atoms with Crippen molar-refractivity contribution in [2.24, 2.45) is 5.92 Å². The Kier molecular flexibility index (Phi) is 6.99. The molecule has 2 N–H and O–H groups in total. The lowest BCUT2D eigenvalue weighted by Crippen LogP contribution is -2.46. The number of aromatic amines is 1. The molecule has 3 aromatic rings. The van der Waals surface area contributed by atoms with Crippen LogP contribution in [0.2, 0.25) is 0 Å². The molecule has 2 heterocycles. The molecule has 1 aliphatic heterocycles. The SMILES string of the molecule is CCC[C@H](C(=O)O)[C@H](Cc1ccc(N2CCN(c3ccccc3)CC2)cc1)c1nn[nH]n1. The van der Waals surface area contributed by atoms with E-state index in [9.17, 15) is 9.90 Å². The summed E-state index contributed by atoms with van der Waals surface area (Å²) in [5.41, 5.74) is 3.55. The van der Waals surface area contributed by atoms with Crippen LogP contribution in [-0.4, -0.2) is 57.9 Å². The van der Waals surface area contributed by atoms with Gasteiger partial charge in [0.05, 0.1) is 5.92 Å². The van der Waals surface area contributed by atoms with Crippen molar-refractivity contribution in [1.82, 2.24) is 20.6 Å². The number of carboxylic acids is 1. The number of benzene rings is 2. The molecule has 0 saturated carbocycles. The zero-order valence-electron chi connectivity index (χ0n) is 18.4. The van der Waals surface area contributed by atoms with Crippen LogP contribution in [0.25, 0.3) is 0 Å². The number of aliphatic carboxylic acids is 1. The third-order valence-electron chi connectivity index (χ3n) is 6.25. The maximum atomic E-state index is 11.9. The number of tetrazole rings is 1. The summed E-state index contributed by atoms with van der Waals surface area (Å²) in [5.74, 6) is -1.20. The van der Waals surface area contributed by atoms with Gasteiger partial charge in [0.1, 0.15) is 0 Å². The van der Waals surface area contributed by atoms with Crippen LogP contribution < -0.4 is 9.80 Å². The minimum atomic E-state index is -0.811. The molecule has 32 heavy (non-hydrogen) atoms. The minimum Gasteiger partial charge on any atom is -0.481 e. The zero-order valence-corrected chi connectivity index (χ0v) is 18.4. The predicted octanol–water partition coefficient (Wildman–Crippen LogP) is 3.35. The molecule has 0 amide bonds. The van der Waals surface area contributed by atoms with Crippen molar-refractivity contribution in [2.75, 3.05) is 36.0 Å². The largest absolute Gasteiger partial charge is 0.481 e. The first-order valence-corrected chi connectivity index (χ1v) is 11.3. The van der Waals surface area contributed by atoms with Crippen LogP contribution >= 0.6 is 0 Å². The quantitative estimate of drug-likeness (QED) is 0.533. The van der Waals surface area contributed by atoms with Crippen molar-refractivity contribution in [3.05, 3.63) is 66.0 Å². The van der Waals surface area contributed by atoms with E-state index < -0.39 is 11.9 Å². The number of nitrogens with zero attached hydrogens (tertiary/aromatic N) is 5. The van der Waals surface area contributed by atoms with E-state index in [1.807, 2.05) is 13.0 Å². The second-order valence-electron chi connectivity index (χ2n) is 8.29. The highest BCUT2D eigenvalue weighted by molar-refractivity contribution is 5.71. The smallest absolute Gasteiger partial charge is 0.307 e. The topological polar surface area (TPSA) is 98.2 Å². The highest BCUT2D eigenvalue weighted by atomic mass is 16.4. The fraction of sp³-hybridized carbons (Fsp3) is 0.417. The average molecular weight is 435 g/mol. The number of aromatic nitrogens is 4. The molecular weight excluding hydrogens is 404 g/mol. The molecule has 168 valence electrons. The first-order chi connectivity index (χ1) is 15.7. The fourth-order valence-corrected chi connectivity index (χ4v) is 4.51. The number of rotatable bonds is 9. The van der Waals surface area contributed by atoms with Gasteiger partial charge >= 0.3 is 5.97 Å². The van der Waals surface area contributed by atoms with Gasteiger partial charge in [-0.2, -0.15) is 5.21 Å². The Labute approximate surface area is 188 Å². The molecule has 1 fully saturated rings. The van der Waals surface area contributed by atoms with Gasteiger partial charge in [-0.05, 0) is 42.7 Å². The van der Waals surface area contributed by atoms with Crippen LogP contribution in [0.1, 0.15) is 37.1 Å². The number of anilines is 2. The van der Waals surface area contributed by atoms with E-state index in [4.69, 9.17) is 0 Å². The van der Waals surface area contributed by atoms with Gasteiger partial charge in [-0.3, -0.25) is 4.79 Å². The Morgan fingerprint density at radius 2 is 1.62 bits per heavy atom. The zero-order chi connectivity index (χ0) is 22.3. The van der Waals surface area contributed by atoms with Crippen LogP contribution in [0, 0.1) is 5.92 Å². The molecule has 0 spiro atoms. The molecule has 0 radical (unpaired) electrons. The molecule has 0 unspecified atom stereocenters. The van der Waals surface area contributed by atoms with Gasteiger partial charge in [-0.25, -0.2) is 0 Å². The van der Waals surface area contributed by atoms with E-state index in [0.717, 1.165) is 38.2 Å². The number of para-hydroxylation sites is 1. The summed E-state index contributed by atoms with van der Waals surface area (Å²) in [4.78, 5) is 16.7. The third kappa shape index (κ3) is 5.07. The average Bonchev–Trinajstić information content (AvgIpc) is 3.37. The molecule has 1 saturated heterocycles. The van der Waals surface area contributed by atoms with Gasteiger partial charge in [-0.1, -0.05) is 48.9 Å². The van der Waals surface area contributed by atoms with E-state index in [1.165, 1.54) is 11.4 Å². The van der Waals surface area contributed by atoms with Crippen molar-refractivity contribution in [3.8, 4) is 0 Å². The van der Waals surface area contributed by atoms with Gasteiger partial charge in [-0.15, -0.1) is 10.2 Å². The number of hydrogen-bond donors (Lipinski definition) is 2. The molecule has 2 aromatic carbocycles. The Morgan fingerprint density at radius 3 is 2.16 bits per heavy atom. The van der Waals surface area contributed by atoms with Crippen LogP contribution in [0.15, 0.2) is 54.6 Å².